The number of thiazole rings is 1. The molecule has 1 aliphatic heterocycles. The van der Waals surface area contributed by atoms with Crippen LogP contribution in [0.3, 0.4) is 0 Å². The predicted octanol–water partition coefficient (Wildman–Crippen LogP) is 3.79. The summed E-state index contributed by atoms with van der Waals surface area (Å²) in [6, 6.07) is 7.17. The van der Waals surface area contributed by atoms with Crippen molar-refractivity contribution in [2.75, 3.05) is 25.0 Å². The Kier molecular flexibility index (Phi) is 6.82. The van der Waals surface area contributed by atoms with Gasteiger partial charge in [0.1, 0.15) is 5.75 Å². The number of benzene rings is 1. The molecule has 146 valence electrons. The van der Waals surface area contributed by atoms with E-state index in [9.17, 15) is 4.79 Å². The molecule has 1 aromatic carbocycles. The molecule has 0 bridgehead atoms. The molecule has 1 aromatic heterocycles. The highest BCUT2D eigenvalue weighted by Crippen LogP contribution is 2.20. The van der Waals surface area contributed by atoms with Crippen LogP contribution in [-0.2, 0) is 11.3 Å². The first-order valence-corrected chi connectivity index (χ1v) is 10.3. The van der Waals surface area contributed by atoms with E-state index in [-0.39, 0.29) is 18.1 Å². The quantitative estimate of drug-likeness (QED) is 0.780. The zero-order valence-electron chi connectivity index (χ0n) is 16.1. The van der Waals surface area contributed by atoms with Gasteiger partial charge in [0.25, 0.3) is 5.91 Å². The minimum Gasteiger partial charge on any atom is -0.494 e. The van der Waals surface area contributed by atoms with Crippen molar-refractivity contribution in [3.8, 4) is 5.75 Å². The van der Waals surface area contributed by atoms with Gasteiger partial charge in [0.15, 0.2) is 5.13 Å². The molecule has 6 nitrogen and oxygen atoms in total. The summed E-state index contributed by atoms with van der Waals surface area (Å²) in [6.07, 6.45) is 1.42. The Morgan fingerprint density at radius 3 is 2.67 bits per heavy atom. The monoisotopic (exact) mass is 389 g/mol. The Morgan fingerprint density at radius 1 is 1.30 bits per heavy atom. The number of hydrogen-bond donors (Lipinski definition) is 1. The predicted molar refractivity (Wildman–Crippen MR) is 108 cm³/mol. The van der Waals surface area contributed by atoms with E-state index >= 15 is 0 Å². The van der Waals surface area contributed by atoms with Gasteiger partial charge >= 0.3 is 0 Å². The minimum atomic E-state index is -0.161. The number of carbonyl (C=O) groups is 1. The first-order valence-electron chi connectivity index (χ1n) is 9.40. The molecule has 0 radical (unpaired) electrons. The summed E-state index contributed by atoms with van der Waals surface area (Å²) < 4.78 is 11.3. The average Bonchev–Trinajstić information content (AvgIpc) is 3.06. The molecule has 3 rings (SSSR count). The summed E-state index contributed by atoms with van der Waals surface area (Å²) in [5.74, 6) is 0.616. The van der Waals surface area contributed by atoms with Crippen molar-refractivity contribution in [3.63, 3.8) is 0 Å². The normalized spacial score (nSPS) is 20.4. The maximum Gasteiger partial charge on any atom is 0.257 e. The molecule has 7 heteroatoms. The largest absolute Gasteiger partial charge is 0.494 e. The molecule has 1 amide bonds. The number of carbonyl (C=O) groups excluding carboxylic acids is 1. The van der Waals surface area contributed by atoms with E-state index < -0.39 is 0 Å². The molecule has 0 unspecified atom stereocenters. The fraction of sp³-hybridized carbons (Fsp3) is 0.500. The van der Waals surface area contributed by atoms with Crippen molar-refractivity contribution in [3.05, 3.63) is 40.9 Å². The Labute approximate surface area is 164 Å². The van der Waals surface area contributed by atoms with Crippen LogP contribution in [0.1, 0.15) is 43.2 Å². The molecule has 0 spiro atoms. The van der Waals surface area contributed by atoms with Crippen LogP contribution >= 0.6 is 11.3 Å². The lowest BCUT2D eigenvalue weighted by atomic mass is 10.2. The van der Waals surface area contributed by atoms with E-state index in [4.69, 9.17) is 9.47 Å². The van der Waals surface area contributed by atoms with Crippen molar-refractivity contribution in [1.29, 1.82) is 0 Å². The second-order valence-corrected chi connectivity index (χ2v) is 7.78. The van der Waals surface area contributed by atoms with Crippen LogP contribution < -0.4 is 10.1 Å². The number of amides is 1. The second-order valence-electron chi connectivity index (χ2n) is 6.92. The third kappa shape index (κ3) is 5.76. The number of anilines is 1. The summed E-state index contributed by atoms with van der Waals surface area (Å²) in [5.41, 5.74) is 1.56. The minimum absolute atomic E-state index is 0.161. The van der Waals surface area contributed by atoms with Crippen LogP contribution in [-0.4, -0.2) is 47.7 Å². The number of aromatic nitrogens is 1. The van der Waals surface area contributed by atoms with Crippen LogP contribution in [0.15, 0.2) is 29.6 Å². The second kappa shape index (κ2) is 9.30. The third-order valence-corrected chi connectivity index (χ3v) is 5.05. The van der Waals surface area contributed by atoms with E-state index in [1.807, 2.05) is 17.5 Å². The maximum absolute atomic E-state index is 12.4. The van der Waals surface area contributed by atoms with E-state index in [1.54, 1.807) is 12.1 Å². The van der Waals surface area contributed by atoms with Crippen LogP contribution in [0.5, 0.6) is 5.75 Å². The topological polar surface area (TPSA) is 63.7 Å². The fourth-order valence-electron chi connectivity index (χ4n) is 3.17. The highest BCUT2D eigenvalue weighted by atomic mass is 32.1. The van der Waals surface area contributed by atoms with Gasteiger partial charge in [0.05, 0.1) is 24.5 Å². The van der Waals surface area contributed by atoms with E-state index in [0.717, 1.165) is 37.5 Å². The van der Waals surface area contributed by atoms with Gasteiger partial charge < -0.3 is 9.47 Å². The Morgan fingerprint density at radius 2 is 2.00 bits per heavy atom. The summed E-state index contributed by atoms with van der Waals surface area (Å²) in [7, 11) is 0. The lowest BCUT2D eigenvalue weighted by Crippen LogP contribution is -2.44. The van der Waals surface area contributed by atoms with Crippen molar-refractivity contribution < 1.29 is 14.3 Å². The molecule has 2 atom stereocenters. The Hall–Kier alpha value is -1.96. The zero-order valence-corrected chi connectivity index (χ0v) is 16.9. The number of rotatable bonds is 7. The van der Waals surface area contributed by atoms with E-state index in [1.165, 1.54) is 11.3 Å². The van der Waals surface area contributed by atoms with Crippen LogP contribution in [0.2, 0.25) is 0 Å². The SMILES string of the molecule is CCCOc1ccc(C(=O)Nc2nc(CN3C[C@@H](C)O[C@@H](C)C3)cs2)cc1. The number of hydrogen-bond acceptors (Lipinski definition) is 6. The maximum atomic E-state index is 12.4. The van der Waals surface area contributed by atoms with Gasteiger partial charge in [-0.3, -0.25) is 15.0 Å². The van der Waals surface area contributed by atoms with Gasteiger partial charge in [-0.15, -0.1) is 11.3 Å². The summed E-state index contributed by atoms with van der Waals surface area (Å²) in [4.78, 5) is 19.3. The molecule has 0 aliphatic carbocycles. The third-order valence-electron chi connectivity index (χ3n) is 4.24. The summed E-state index contributed by atoms with van der Waals surface area (Å²) >= 11 is 1.45. The molecule has 27 heavy (non-hydrogen) atoms. The molecule has 2 aromatic rings. The number of ether oxygens (including phenoxy) is 2. The molecule has 1 saturated heterocycles. The molecular weight excluding hydrogens is 362 g/mol. The van der Waals surface area contributed by atoms with Crippen molar-refractivity contribution in [2.45, 2.75) is 45.9 Å². The van der Waals surface area contributed by atoms with Crippen molar-refractivity contribution in [2.24, 2.45) is 0 Å². The van der Waals surface area contributed by atoms with Crippen LogP contribution in [0.25, 0.3) is 0 Å². The van der Waals surface area contributed by atoms with Crippen LogP contribution in [0, 0.1) is 0 Å². The first kappa shape index (κ1) is 19.8. The van der Waals surface area contributed by atoms with Gasteiger partial charge in [-0.05, 0) is 44.5 Å². The standard InChI is InChI=1S/C20H27N3O3S/c1-4-9-25-18-7-5-16(6-8-18)19(24)22-20-21-17(13-27-20)12-23-10-14(2)26-15(3)11-23/h5-8,13-15H,4,9-12H2,1-3H3,(H,21,22,24)/t14-,15+. The Balaban J connectivity index is 1.54. The lowest BCUT2D eigenvalue weighted by Gasteiger charge is -2.34. The number of nitrogens with one attached hydrogen (secondary N) is 1. The van der Waals surface area contributed by atoms with Gasteiger partial charge in [0, 0.05) is 30.6 Å². The smallest absolute Gasteiger partial charge is 0.257 e. The van der Waals surface area contributed by atoms with Crippen molar-refractivity contribution in [1.82, 2.24) is 9.88 Å². The highest BCUT2D eigenvalue weighted by Gasteiger charge is 2.22. The number of nitrogens with zero attached hydrogens (tertiary/aromatic N) is 2. The van der Waals surface area contributed by atoms with E-state index in [2.05, 4.69) is 36.0 Å². The van der Waals surface area contributed by atoms with Crippen LogP contribution in [0.4, 0.5) is 5.13 Å². The summed E-state index contributed by atoms with van der Waals surface area (Å²) in [5, 5.41) is 5.50. The fourth-order valence-corrected chi connectivity index (χ4v) is 3.87. The van der Waals surface area contributed by atoms with Gasteiger partial charge in [-0.25, -0.2) is 4.98 Å². The van der Waals surface area contributed by atoms with Gasteiger partial charge in [0.2, 0.25) is 0 Å². The Bertz CT molecular complexity index is 737. The highest BCUT2D eigenvalue weighted by molar-refractivity contribution is 7.13. The molecule has 2 heterocycles. The molecular formula is C20H27N3O3S. The molecule has 1 fully saturated rings. The zero-order chi connectivity index (χ0) is 19.2. The van der Waals surface area contributed by atoms with Crippen molar-refractivity contribution >= 4 is 22.4 Å². The lowest BCUT2D eigenvalue weighted by molar-refractivity contribution is -0.0707. The molecule has 1 aliphatic rings. The molecule has 0 saturated carbocycles. The molecule has 1 N–H and O–H groups in total. The first-order chi connectivity index (χ1) is 13.0. The van der Waals surface area contributed by atoms with Gasteiger partial charge in [-0.2, -0.15) is 0 Å². The summed E-state index contributed by atoms with van der Waals surface area (Å²) in [6.45, 7) is 9.49. The average molecular weight is 390 g/mol. The number of morpholine rings is 1. The van der Waals surface area contributed by atoms with E-state index in [0.29, 0.717) is 17.3 Å². The van der Waals surface area contributed by atoms with Gasteiger partial charge in [-0.1, -0.05) is 6.92 Å².